The van der Waals surface area contributed by atoms with Crippen molar-refractivity contribution >= 4 is 23.2 Å². The summed E-state index contributed by atoms with van der Waals surface area (Å²) in [5, 5.41) is 10.9. The van der Waals surface area contributed by atoms with E-state index >= 15 is 0 Å². The lowest BCUT2D eigenvalue weighted by Gasteiger charge is -2.52. The van der Waals surface area contributed by atoms with E-state index in [9.17, 15) is 5.11 Å². The molecule has 1 spiro atoms. The maximum Gasteiger partial charge on any atom is 0.0671 e. The van der Waals surface area contributed by atoms with Gasteiger partial charge in [0.05, 0.1) is 17.2 Å². The smallest absolute Gasteiger partial charge is 0.0671 e. The molecule has 1 aromatic rings. The Kier molecular flexibility index (Phi) is 3.42. The predicted octanol–water partition coefficient (Wildman–Crippen LogP) is 3.24. The molecule has 0 radical (unpaired) electrons. The van der Waals surface area contributed by atoms with Gasteiger partial charge in [-0.05, 0) is 43.1 Å². The first-order valence-electron chi connectivity index (χ1n) is 9.37. The standard InChI is InChI=1S/C20H26N2OS/c1-3-24-19-11-22-10-14(12(2)23)13-8-17-20(19,18(22)9-13)15-6-4-5-7-16(15)21-17/h4-7,12-14,18-19,23H,3,8-11H2,1-2H3/t12-,13+,14-,18+,19?,20-/m0/s1. The van der Waals surface area contributed by atoms with Crippen LogP contribution >= 0.6 is 11.8 Å². The highest BCUT2D eigenvalue weighted by Gasteiger charge is 2.65. The third-order valence-electron chi connectivity index (χ3n) is 6.98. The van der Waals surface area contributed by atoms with E-state index in [-0.39, 0.29) is 11.5 Å². The Morgan fingerprint density at radius 2 is 2.21 bits per heavy atom. The first-order valence-corrected chi connectivity index (χ1v) is 10.4. The molecule has 3 fully saturated rings. The fraction of sp³-hybridized carbons (Fsp3) is 0.650. The van der Waals surface area contributed by atoms with Crippen LogP contribution in [0.1, 0.15) is 32.3 Å². The van der Waals surface area contributed by atoms with Crippen LogP contribution < -0.4 is 0 Å². The van der Waals surface area contributed by atoms with Crippen molar-refractivity contribution in [2.75, 3.05) is 18.8 Å². The van der Waals surface area contributed by atoms with Crippen LogP contribution in [-0.4, -0.2) is 52.0 Å². The van der Waals surface area contributed by atoms with Gasteiger partial charge in [0, 0.05) is 36.0 Å². The minimum absolute atomic E-state index is 0.136. The van der Waals surface area contributed by atoms with Crippen molar-refractivity contribution in [2.45, 2.75) is 49.5 Å². The van der Waals surface area contributed by atoms with Crippen molar-refractivity contribution in [3.05, 3.63) is 29.8 Å². The van der Waals surface area contributed by atoms with Crippen LogP contribution in [0, 0.1) is 11.8 Å². The van der Waals surface area contributed by atoms with E-state index in [4.69, 9.17) is 4.99 Å². The molecule has 4 heteroatoms. The van der Waals surface area contributed by atoms with Crippen LogP contribution in [0.2, 0.25) is 0 Å². The first-order chi connectivity index (χ1) is 11.7. The first kappa shape index (κ1) is 15.4. The number of nitrogens with zero attached hydrogens (tertiary/aromatic N) is 2. The summed E-state index contributed by atoms with van der Waals surface area (Å²) >= 11 is 2.12. The Bertz CT molecular complexity index is 703. The SMILES string of the molecule is CCSC1CN2C[C@@H]([C@H](C)O)[C@@H]3CC4=Nc5ccccc5[C@@]41[C@H]2C3. The largest absolute Gasteiger partial charge is 0.393 e. The Morgan fingerprint density at radius 3 is 3.00 bits per heavy atom. The number of aliphatic hydroxyl groups is 1. The fourth-order valence-electron chi connectivity index (χ4n) is 6.08. The molecule has 3 nitrogen and oxygen atoms in total. The minimum Gasteiger partial charge on any atom is -0.393 e. The molecule has 5 rings (SSSR count). The average molecular weight is 343 g/mol. The maximum atomic E-state index is 10.3. The highest BCUT2D eigenvalue weighted by molar-refractivity contribution is 8.00. The molecule has 1 saturated carbocycles. The highest BCUT2D eigenvalue weighted by atomic mass is 32.2. The molecule has 0 aromatic heterocycles. The Balaban J connectivity index is 1.67. The zero-order valence-corrected chi connectivity index (χ0v) is 15.3. The van der Waals surface area contributed by atoms with Crippen molar-refractivity contribution in [2.24, 2.45) is 16.8 Å². The molecular formula is C20H26N2OS. The number of aliphatic imine (C=N–C) groups is 1. The second-order valence-corrected chi connectivity index (χ2v) is 9.44. The van der Waals surface area contributed by atoms with Gasteiger partial charge >= 0.3 is 0 Å². The number of benzene rings is 1. The van der Waals surface area contributed by atoms with E-state index in [1.807, 2.05) is 6.92 Å². The number of fused-ring (bicyclic) bond motifs is 2. The summed E-state index contributed by atoms with van der Waals surface area (Å²) in [4.78, 5) is 7.84. The van der Waals surface area contributed by atoms with Crippen LogP contribution in [0.15, 0.2) is 29.3 Å². The van der Waals surface area contributed by atoms with Gasteiger partial charge in [-0.3, -0.25) is 9.89 Å². The molecular weight excluding hydrogens is 316 g/mol. The molecule has 3 aliphatic heterocycles. The molecule has 2 bridgehead atoms. The molecule has 1 aliphatic carbocycles. The number of para-hydroxylation sites is 1. The van der Waals surface area contributed by atoms with E-state index in [1.165, 1.54) is 23.4 Å². The van der Waals surface area contributed by atoms with Gasteiger partial charge in [-0.15, -0.1) is 0 Å². The Labute approximate surface area is 148 Å². The Hall–Kier alpha value is -0.840. The van der Waals surface area contributed by atoms with Crippen LogP contribution in [0.4, 0.5) is 5.69 Å². The second kappa shape index (κ2) is 5.33. The summed E-state index contributed by atoms with van der Waals surface area (Å²) in [7, 11) is 0. The van der Waals surface area contributed by atoms with Gasteiger partial charge in [0.15, 0.2) is 0 Å². The predicted molar refractivity (Wildman–Crippen MR) is 100 cm³/mol. The van der Waals surface area contributed by atoms with E-state index in [0.29, 0.717) is 23.1 Å². The van der Waals surface area contributed by atoms with Gasteiger partial charge in [0.2, 0.25) is 0 Å². The van der Waals surface area contributed by atoms with E-state index < -0.39 is 0 Å². The van der Waals surface area contributed by atoms with Crippen molar-refractivity contribution in [1.82, 2.24) is 4.90 Å². The monoisotopic (exact) mass is 342 g/mol. The molecule has 1 unspecified atom stereocenters. The summed E-state index contributed by atoms with van der Waals surface area (Å²) in [6.45, 7) is 6.46. The van der Waals surface area contributed by atoms with Crippen molar-refractivity contribution < 1.29 is 5.11 Å². The van der Waals surface area contributed by atoms with E-state index in [0.717, 1.165) is 25.3 Å². The maximum absolute atomic E-state index is 10.3. The van der Waals surface area contributed by atoms with E-state index in [2.05, 4.69) is 47.9 Å². The molecule has 128 valence electrons. The number of thioether (sulfide) groups is 1. The zero-order chi connectivity index (χ0) is 16.5. The molecule has 0 amide bonds. The van der Waals surface area contributed by atoms with Gasteiger partial charge in [-0.25, -0.2) is 0 Å². The Morgan fingerprint density at radius 1 is 1.38 bits per heavy atom. The topological polar surface area (TPSA) is 35.8 Å². The van der Waals surface area contributed by atoms with Crippen LogP contribution in [0.5, 0.6) is 0 Å². The quantitative estimate of drug-likeness (QED) is 0.916. The summed E-state index contributed by atoms with van der Waals surface area (Å²) < 4.78 is 0. The van der Waals surface area contributed by atoms with Crippen molar-refractivity contribution in [1.29, 1.82) is 0 Å². The lowest BCUT2D eigenvalue weighted by Crippen LogP contribution is -2.60. The summed E-state index contributed by atoms with van der Waals surface area (Å²) in [6.07, 6.45) is 2.09. The molecule has 6 atom stereocenters. The number of piperidine rings is 1. The summed E-state index contributed by atoms with van der Waals surface area (Å²) in [5.41, 5.74) is 4.24. The molecule has 1 aromatic carbocycles. The summed E-state index contributed by atoms with van der Waals surface area (Å²) in [6, 6.07) is 9.42. The third-order valence-corrected chi connectivity index (χ3v) is 8.23. The third kappa shape index (κ3) is 1.80. The number of aliphatic hydroxyl groups excluding tert-OH is 1. The molecule has 2 saturated heterocycles. The molecule has 3 heterocycles. The van der Waals surface area contributed by atoms with Crippen molar-refractivity contribution in [3.63, 3.8) is 0 Å². The minimum atomic E-state index is -0.217. The van der Waals surface area contributed by atoms with Gasteiger partial charge in [0.25, 0.3) is 0 Å². The van der Waals surface area contributed by atoms with Gasteiger partial charge in [-0.2, -0.15) is 11.8 Å². The number of rotatable bonds is 3. The number of hydrogen-bond acceptors (Lipinski definition) is 4. The van der Waals surface area contributed by atoms with E-state index in [1.54, 1.807) is 0 Å². The summed E-state index contributed by atoms with van der Waals surface area (Å²) in [5.74, 6) is 2.15. The van der Waals surface area contributed by atoms with Gasteiger partial charge < -0.3 is 5.11 Å². The number of hydrogen-bond donors (Lipinski definition) is 1. The molecule has 1 N–H and O–H groups in total. The molecule has 24 heavy (non-hydrogen) atoms. The van der Waals surface area contributed by atoms with Crippen LogP contribution in [0.25, 0.3) is 0 Å². The second-order valence-electron chi connectivity index (χ2n) is 7.96. The molecule has 4 aliphatic rings. The lowest BCUT2D eigenvalue weighted by molar-refractivity contribution is -0.00151. The van der Waals surface area contributed by atoms with Crippen LogP contribution in [-0.2, 0) is 5.41 Å². The zero-order valence-electron chi connectivity index (χ0n) is 14.5. The lowest BCUT2D eigenvalue weighted by atomic mass is 9.59. The van der Waals surface area contributed by atoms with Gasteiger partial charge in [-0.1, -0.05) is 25.1 Å². The van der Waals surface area contributed by atoms with Crippen LogP contribution in [0.3, 0.4) is 0 Å². The normalized spacial score (nSPS) is 40.9. The average Bonchev–Trinajstić information content (AvgIpc) is 3.08. The van der Waals surface area contributed by atoms with Crippen molar-refractivity contribution in [3.8, 4) is 0 Å². The highest BCUT2D eigenvalue weighted by Crippen LogP contribution is 2.60. The van der Waals surface area contributed by atoms with Gasteiger partial charge in [0.1, 0.15) is 0 Å². The fourth-order valence-corrected chi connectivity index (χ4v) is 7.46.